The van der Waals surface area contributed by atoms with Crippen molar-refractivity contribution in [3.8, 4) is 0 Å². The molecule has 0 saturated heterocycles. The Morgan fingerprint density at radius 2 is 1.09 bits per heavy atom. The van der Waals surface area contributed by atoms with E-state index < -0.39 is 0 Å². The fourth-order valence-electron chi connectivity index (χ4n) is 4.49. The molecule has 3 nitrogen and oxygen atoms in total. The first-order chi connectivity index (χ1) is 21.8. The smallest absolute Gasteiger partial charge is 0.656 e. The summed E-state index contributed by atoms with van der Waals surface area (Å²) in [4.78, 5) is 4.96. The van der Waals surface area contributed by atoms with E-state index in [1.807, 2.05) is 103 Å². The van der Waals surface area contributed by atoms with Crippen molar-refractivity contribution in [1.82, 2.24) is 9.55 Å². The Hall–Kier alpha value is -4.15. The molecule has 0 radical (unpaired) electrons. The Morgan fingerprint density at radius 1 is 0.630 bits per heavy atom. The summed E-state index contributed by atoms with van der Waals surface area (Å²) in [6.07, 6.45) is 2.36. The molecule has 0 amide bonds. The first kappa shape index (κ1) is 38.0. The van der Waals surface area contributed by atoms with E-state index in [2.05, 4.69) is 83.4 Å². The molecule has 0 aliphatic carbocycles. The van der Waals surface area contributed by atoms with Crippen LogP contribution in [0.15, 0.2) is 133 Å². The maximum Gasteiger partial charge on any atom is 4.00 e. The van der Waals surface area contributed by atoms with Gasteiger partial charge in [-0.3, -0.25) is 0 Å². The molecule has 46 heavy (non-hydrogen) atoms. The summed E-state index contributed by atoms with van der Waals surface area (Å²) in [6.45, 7) is 20.9. The van der Waals surface area contributed by atoms with Crippen molar-refractivity contribution in [3.63, 3.8) is 0 Å². The fraction of sp³-hybridized carbons (Fsp3) is 0.190. The second-order valence-corrected chi connectivity index (χ2v) is 11.1. The zero-order valence-electron chi connectivity index (χ0n) is 27.9. The molecule has 234 valence electrons. The largest absolute Gasteiger partial charge is 4.00 e. The molecule has 1 aromatic heterocycles. The van der Waals surface area contributed by atoms with Crippen LogP contribution in [0.3, 0.4) is 0 Å². The van der Waals surface area contributed by atoms with Crippen LogP contribution in [-0.2, 0) is 32.4 Å². The van der Waals surface area contributed by atoms with Gasteiger partial charge in [0.2, 0.25) is 0 Å². The number of para-hydroxylation sites is 2. The minimum absolute atomic E-state index is 0. The van der Waals surface area contributed by atoms with Gasteiger partial charge in [0.25, 0.3) is 0 Å². The van der Waals surface area contributed by atoms with Crippen LogP contribution in [0.25, 0.3) is 16.4 Å². The standard InChI is InChI=1S/C21H26N3.3C7H7.Hf/c1-5-6-14-24-19-13-9-12-18(20(19)23-21(24)15(2)3)22-17-11-8-7-10-16(17)4;3*1-7-5-3-2-4-6-7;/h7-13,15H,5-6,14H2,1-4H3;3*2-6H,1H2;/q4*-1;+4. The van der Waals surface area contributed by atoms with Gasteiger partial charge in [-0.05, 0) is 19.4 Å². The molecule has 0 aliphatic rings. The van der Waals surface area contributed by atoms with Crippen molar-refractivity contribution in [2.75, 3.05) is 0 Å². The summed E-state index contributed by atoms with van der Waals surface area (Å²) in [5.41, 5.74) is 8.58. The van der Waals surface area contributed by atoms with E-state index in [9.17, 15) is 0 Å². The average Bonchev–Trinajstić information content (AvgIpc) is 3.43. The van der Waals surface area contributed by atoms with Gasteiger partial charge in [0.05, 0.1) is 11.0 Å². The summed E-state index contributed by atoms with van der Waals surface area (Å²) < 4.78 is 2.38. The van der Waals surface area contributed by atoms with Crippen LogP contribution >= 0.6 is 0 Å². The normalized spacial score (nSPS) is 9.85. The second-order valence-electron chi connectivity index (χ2n) is 11.1. The Labute approximate surface area is 296 Å². The summed E-state index contributed by atoms with van der Waals surface area (Å²) in [6, 6.07) is 44.2. The van der Waals surface area contributed by atoms with Crippen molar-refractivity contribution in [3.05, 3.63) is 188 Å². The van der Waals surface area contributed by atoms with Gasteiger partial charge in [-0.2, -0.15) is 73.9 Å². The SMILES string of the molecule is CCCCn1c(C(C)C)nc2c([N-]c3ccccc3C)cccc21.[CH2-]c1ccccc1.[CH2-]c1ccccc1.[CH2-]c1ccccc1.[Hf+4]. The van der Waals surface area contributed by atoms with Gasteiger partial charge in [0.1, 0.15) is 5.82 Å². The maximum atomic E-state index is 4.96. The summed E-state index contributed by atoms with van der Waals surface area (Å²) in [5, 5.41) is 4.89. The van der Waals surface area contributed by atoms with E-state index in [0.717, 1.165) is 46.0 Å². The Balaban J connectivity index is 0.000000270. The van der Waals surface area contributed by atoms with Gasteiger partial charge >= 0.3 is 25.8 Å². The topological polar surface area (TPSA) is 31.9 Å². The molecule has 6 aromatic rings. The molecule has 0 spiro atoms. The number of fused-ring (bicyclic) bond motifs is 1. The third-order valence-corrected chi connectivity index (χ3v) is 6.92. The van der Waals surface area contributed by atoms with E-state index in [0.29, 0.717) is 5.92 Å². The maximum absolute atomic E-state index is 4.96. The molecule has 6 rings (SSSR count). The third-order valence-electron chi connectivity index (χ3n) is 6.92. The molecule has 1 heterocycles. The van der Waals surface area contributed by atoms with E-state index in [1.165, 1.54) is 23.9 Å². The van der Waals surface area contributed by atoms with Crippen LogP contribution in [0.2, 0.25) is 0 Å². The van der Waals surface area contributed by atoms with Gasteiger partial charge < -0.3 is 9.88 Å². The Morgan fingerprint density at radius 3 is 1.50 bits per heavy atom. The summed E-state index contributed by atoms with van der Waals surface area (Å²) in [7, 11) is 0. The molecule has 0 N–H and O–H groups in total. The van der Waals surface area contributed by atoms with Crippen molar-refractivity contribution in [2.45, 2.75) is 53.0 Å². The minimum atomic E-state index is 0. The molecule has 0 bridgehead atoms. The summed E-state index contributed by atoms with van der Waals surface area (Å²) in [5.74, 6) is 1.56. The Kier molecular flexibility index (Phi) is 17.2. The molecule has 0 aliphatic heterocycles. The summed E-state index contributed by atoms with van der Waals surface area (Å²) >= 11 is 0. The van der Waals surface area contributed by atoms with Gasteiger partial charge in [0.15, 0.2) is 0 Å². The van der Waals surface area contributed by atoms with Crippen LogP contribution < -0.4 is 0 Å². The van der Waals surface area contributed by atoms with Crippen LogP contribution in [-0.4, -0.2) is 9.55 Å². The number of rotatable bonds is 6. The van der Waals surface area contributed by atoms with Gasteiger partial charge in [-0.1, -0.05) is 87.4 Å². The first-order valence-electron chi connectivity index (χ1n) is 15.7. The quantitative estimate of drug-likeness (QED) is 0.123. The molecular weight excluding hydrogens is 725 g/mol. The zero-order chi connectivity index (χ0) is 32.4. The Bertz CT molecular complexity index is 1570. The number of aromatic nitrogens is 2. The van der Waals surface area contributed by atoms with E-state index in [1.54, 1.807) is 0 Å². The number of nitrogens with zero attached hydrogens (tertiary/aromatic N) is 3. The molecule has 0 fully saturated rings. The number of imidazole rings is 1. The molecule has 0 atom stereocenters. The van der Waals surface area contributed by atoms with Gasteiger partial charge in [-0.25, -0.2) is 4.98 Å². The van der Waals surface area contributed by atoms with E-state index in [4.69, 9.17) is 10.3 Å². The number of aryl methyl sites for hydroxylation is 2. The molecule has 0 unspecified atom stereocenters. The van der Waals surface area contributed by atoms with E-state index in [-0.39, 0.29) is 25.8 Å². The third kappa shape index (κ3) is 12.7. The predicted molar refractivity (Wildman–Crippen MR) is 195 cm³/mol. The van der Waals surface area contributed by atoms with Crippen molar-refractivity contribution in [2.24, 2.45) is 0 Å². The van der Waals surface area contributed by atoms with Gasteiger partial charge in [0, 0.05) is 12.5 Å². The van der Waals surface area contributed by atoms with Gasteiger partial charge in [-0.15, -0.1) is 47.8 Å². The fourth-order valence-corrected chi connectivity index (χ4v) is 4.49. The molecular formula is C42H47HfN3. The monoisotopic (exact) mass is 773 g/mol. The van der Waals surface area contributed by atoms with E-state index >= 15 is 0 Å². The number of hydrogen-bond acceptors (Lipinski definition) is 1. The van der Waals surface area contributed by atoms with Crippen LogP contribution in [0, 0.1) is 27.7 Å². The predicted octanol–water partition coefficient (Wildman–Crippen LogP) is 12.2. The zero-order valence-corrected chi connectivity index (χ0v) is 31.5. The number of hydrogen-bond donors (Lipinski definition) is 0. The number of unbranched alkanes of at least 4 members (excludes halogenated alkanes) is 1. The van der Waals surface area contributed by atoms with Crippen LogP contribution in [0.1, 0.15) is 67.6 Å². The first-order valence-corrected chi connectivity index (χ1v) is 15.7. The van der Waals surface area contributed by atoms with Crippen molar-refractivity contribution in [1.29, 1.82) is 0 Å². The van der Waals surface area contributed by atoms with Crippen LogP contribution in [0.4, 0.5) is 11.4 Å². The molecule has 5 aromatic carbocycles. The second kappa shape index (κ2) is 20.8. The minimum Gasteiger partial charge on any atom is -0.656 e. The molecule has 4 heteroatoms. The number of benzene rings is 5. The van der Waals surface area contributed by atoms with Crippen molar-refractivity contribution < 1.29 is 25.8 Å². The molecule has 0 saturated carbocycles. The average molecular weight is 772 g/mol. The van der Waals surface area contributed by atoms with Crippen molar-refractivity contribution >= 4 is 22.4 Å². The van der Waals surface area contributed by atoms with Crippen LogP contribution in [0.5, 0.6) is 0 Å².